The summed E-state index contributed by atoms with van der Waals surface area (Å²) in [4.78, 5) is 11.1. The molecule has 0 aromatic heterocycles. The molecule has 0 spiro atoms. The highest BCUT2D eigenvalue weighted by molar-refractivity contribution is 5.86. The maximum Gasteiger partial charge on any atom is 0.457 e. The Morgan fingerprint density at radius 1 is 1.14 bits per heavy atom. The number of fused-ring (bicyclic) bond motifs is 1. The van der Waals surface area contributed by atoms with Crippen molar-refractivity contribution < 1.29 is 22.7 Å². The first-order chi connectivity index (χ1) is 9.87. The third-order valence-corrected chi connectivity index (χ3v) is 2.73. The van der Waals surface area contributed by atoms with Crippen molar-refractivity contribution in [3.8, 4) is 11.8 Å². The molecular formula is C16H11F3O2. The largest absolute Gasteiger partial charge is 0.457 e. The first-order valence-corrected chi connectivity index (χ1v) is 6.11. The van der Waals surface area contributed by atoms with E-state index >= 15 is 0 Å². The summed E-state index contributed by atoms with van der Waals surface area (Å²) in [5, 5.41) is 1.53. The van der Waals surface area contributed by atoms with Gasteiger partial charge >= 0.3 is 12.1 Å². The van der Waals surface area contributed by atoms with Gasteiger partial charge in [0.25, 0.3) is 0 Å². The van der Waals surface area contributed by atoms with Gasteiger partial charge < -0.3 is 4.74 Å². The topological polar surface area (TPSA) is 26.3 Å². The number of carbonyl (C=O) groups excluding carboxylic acids is 1. The van der Waals surface area contributed by atoms with E-state index in [0.29, 0.717) is 10.9 Å². The Hall–Kier alpha value is -2.48. The van der Waals surface area contributed by atoms with Crippen molar-refractivity contribution in [1.82, 2.24) is 0 Å². The molecule has 2 nitrogen and oxygen atoms in total. The lowest BCUT2D eigenvalue weighted by atomic mass is 10.0. The van der Waals surface area contributed by atoms with Crippen molar-refractivity contribution in [1.29, 1.82) is 0 Å². The van der Waals surface area contributed by atoms with Crippen LogP contribution in [0, 0.1) is 11.8 Å². The van der Waals surface area contributed by atoms with Crippen molar-refractivity contribution >= 4 is 16.7 Å². The predicted octanol–water partition coefficient (Wildman–Crippen LogP) is 4.01. The summed E-state index contributed by atoms with van der Waals surface area (Å²) in [6.07, 6.45) is -5.89. The van der Waals surface area contributed by atoms with Crippen LogP contribution in [0.5, 0.6) is 0 Å². The number of rotatable bonds is 2. The summed E-state index contributed by atoms with van der Waals surface area (Å²) in [5.41, 5.74) is 0.431. The van der Waals surface area contributed by atoms with Gasteiger partial charge in [0.2, 0.25) is 0 Å². The number of hydrogen-bond donors (Lipinski definition) is 0. The van der Waals surface area contributed by atoms with E-state index in [0.717, 1.165) is 18.2 Å². The van der Waals surface area contributed by atoms with Crippen molar-refractivity contribution in [2.45, 2.75) is 19.2 Å². The lowest BCUT2D eigenvalue weighted by molar-refractivity contribution is -0.144. The fraction of sp³-hybridized carbons (Fsp3) is 0.188. The number of ether oxygens (including phenoxy) is 1. The highest BCUT2D eigenvalue weighted by atomic mass is 19.4. The lowest BCUT2D eigenvalue weighted by Crippen LogP contribution is -2.09. The van der Waals surface area contributed by atoms with Crippen LogP contribution in [0.2, 0.25) is 0 Å². The van der Waals surface area contributed by atoms with Gasteiger partial charge in [-0.2, -0.15) is 13.2 Å². The Morgan fingerprint density at radius 2 is 1.81 bits per heavy atom. The van der Waals surface area contributed by atoms with Gasteiger partial charge in [-0.25, -0.2) is 0 Å². The number of halogens is 3. The monoisotopic (exact) mass is 292 g/mol. The van der Waals surface area contributed by atoms with Gasteiger partial charge in [-0.15, -0.1) is 0 Å². The van der Waals surface area contributed by atoms with Crippen LogP contribution in [-0.2, 0) is 9.53 Å². The Kier molecular flexibility index (Phi) is 4.18. The molecule has 21 heavy (non-hydrogen) atoms. The summed E-state index contributed by atoms with van der Waals surface area (Å²) in [7, 11) is 0. The summed E-state index contributed by atoms with van der Waals surface area (Å²) in [6, 6.07) is 12.2. The van der Waals surface area contributed by atoms with Crippen LogP contribution >= 0.6 is 0 Å². The molecule has 2 aromatic carbocycles. The predicted molar refractivity (Wildman–Crippen MR) is 72.3 cm³/mol. The Labute approximate surface area is 119 Å². The van der Waals surface area contributed by atoms with Crippen LogP contribution in [0.1, 0.15) is 18.6 Å². The van der Waals surface area contributed by atoms with Gasteiger partial charge in [-0.3, -0.25) is 4.79 Å². The molecule has 108 valence electrons. The SMILES string of the molecule is CC(=O)OC(C#CC(F)(F)F)c1cccc2ccccc12. The molecule has 0 aliphatic rings. The van der Waals surface area contributed by atoms with Gasteiger partial charge in [0, 0.05) is 18.4 Å². The number of alkyl halides is 3. The molecule has 0 saturated heterocycles. The Balaban J connectivity index is 2.52. The second kappa shape index (κ2) is 5.88. The van der Waals surface area contributed by atoms with Crippen LogP contribution in [0.25, 0.3) is 10.8 Å². The van der Waals surface area contributed by atoms with Crippen LogP contribution < -0.4 is 0 Å². The maximum atomic E-state index is 12.3. The molecule has 0 fully saturated rings. The number of hydrogen-bond acceptors (Lipinski definition) is 2. The van der Waals surface area contributed by atoms with Gasteiger partial charge in [0.1, 0.15) is 0 Å². The van der Waals surface area contributed by atoms with Crippen molar-refractivity contribution in [3.63, 3.8) is 0 Å². The zero-order valence-corrected chi connectivity index (χ0v) is 11.1. The molecule has 0 amide bonds. The molecule has 0 N–H and O–H groups in total. The molecule has 5 heteroatoms. The zero-order valence-electron chi connectivity index (χ0n) is 11.1. The summed E-state index contributed by atoms with van der Waals surface area (Å²) in [6.45, 7) is 1.13. The zero-order chi connectivity index (χ0) is 15.5. The highest BCUT2D eigenvalue weighted by Gasteiger charge is 2.24. The maximum absolute atomic E-state index is 12.3. The molecule has 0 saturated carbocycles. The molecular weight excluding hydrogens is 281 g/mol. The molecule has 2 rings (SSSR count). The van der Waals surface area contributed by atoms with Crippen molar-refractivity contribution in [3.05, 3.63) is 48.0 Å². The minimum absolute atomic E-state index is 0.431. The number of esters is 1. The molecule has 0 aliphatic carbocycles. The molecule has 0 radical (unpaired) electrons. The van der Waals surface area contributed by atoms with Gasteiger partial charge in [-0.05, 0) is 16.7 Å². The molecule has 1 atom stereocenters. The van der Waals surface area contributed by atoms with E-state index < -0.39 is 18.2 Å². The highest BCUT2D eigenvalue weighted by Crippen LogP contribution is 2.27. The summed E-state index contributed by atoms with van der Waals surface area (Å²) in [5.74, 6) is 2.45. The van der Waals surface area contributed by atoms with Crippen LogP contribution in [-0.4, -0.2) is 12.1 Å². The van der Waals surface area contributed by atoms with E-state index in [1.807, 2.05) is 24.1 Å². The smallest absolute Gasteiger partial charge is 0.444 e. The third kappa shape index (κ3) is 3.99. The average molecular weight is 292 g/mol. The average Bonchev–Trinajstić information content (AvgIpc) is 2.41. The second-order valence-corrected chi connectivity index (χ2v) is 4.32. The quantitative estimate of drug-likeness (QED) is 0.617. The van der Waals surface area contributed by atoms with Crippen LogP contribution in [0.3, 0.4) is 0 Å². The van der Waals surface area contributed by atoms with Crippen molar-refractivity contribution in [2.24, 2.45) is 0 Å². The molecule has 1 unspecified atom stereocenters. The first-order valence-electron chi connectivity index (χ1n) is 6.11. The van der Waals surface area contributed by atoms with Gasteiger partial charge in [0.15, 0.2) is 6.10 Å². The minimum atomic E-state index is -4.64. The summed E-state index contributed by atoms with van der Waals surface area (Å²) < 4.78 is 41.7. The van der Waals surface area contributed by atoms with Crippen molar-refractivity contribution in [2.75, 3.05) is 0 Å². The fourth-order valence-corrected chi connectivity index (χ4v) is 1.96. The van der Waals surface area contributed by atoms with E-state index in [9.17, 15) is 18.0 Å². The molecule has 2 aromatic rings. The van der Waals surface area contributed by atoms with Gasteiger partial charge in [-0.1, -0.05) is 42.5 Å². The Bertz CT molecular complexity index is 718. The molecule has 0 bridgehead atoms. The van der Waals surface area contributed by atoms with E-state index in [-0.39, 0.29) is 0 Å². The molecule has 0 aliphatic heterocycles. The van der Waals surface area contributed by atoms with E-state index in [2.05, 4.69) is 0 Å². The third-order valence-electron chi connectivity index (χ3n) is 2.73. The standard InChI is InChI=1S/C16H11F3O2/c1-11(20)21-15(9-10-16(17,18)19)14-8-4-6-12-5-2-3-7-13(12)14/h2-8,15H,1H3. The molecule has 0 heterocycles. The van der Waals surface area contributed by atoms with E-state index in [1.165, 1.54) is 0 Å². The normalized spacial score (nSPS) is 12.4. The Morgan fingerprint density at radius 3 is 2.48 bits per heavy atom. The lowest BCUT2D eigenvalue weighted by Gasteiger charge is -2.14. The van der Waals surface area contributed by atoms with E-state index in [1.54, 1.807) is 24.3 Å². The van der Waals surface area contributed by atoms with Gasteiger partial charge in [0.05, 0.1) is 0 Å². The summed E-state index contributed by atoms with van der Waals surface area (Å²) >= 11 is 0. The second-order valence-electron chi connectivity index (χ2n) is 4.32. The van der Waals surface area contributed by atoms with E-state index in [4.69, 9.17) is 4.74 Å². The number of carbonyl (C=O) groups is 1. The van der Waals surface area contributed by atoms with Crippen LogP contribution in [0.15, 0.2) is 42.5 Å². The first kappa shape index (κ1) is 14.9. The van der Waals surface area contributed by atoms with Crippen LogP contribution in [0.4, 0.5) is 13.2 Å². The number of benzene rings is 2. The minimum Gasteiger partial charge on any atom is -0.444 e. The fourth-order valence-electron chi connectivity index (χ4n) is 1.96.